The lowest BCUT2D eigenvalue weighted by atomic mass is 10.00. The smallest absolute Gasteiger partial charge is 0.348 e. The van der Waals surface area contributed by atoms with Gasteiger partial charge >= 0.3 is 5.97 Å². The van der Waals surface area contributed by atoms with Crippen LogP contribution in [0.2, 0.25) is 4.34 Å². The van der Waals surface area contributed by atoms with Crippen LogP contribution in [0.25, 0.3) is 10.8 Å². The summed E-state index contributed by atoms with van der Waals surface area (Å²) in [6, 6.07) is 17.0. The van der Waals surface area contributed by atoms with Crippen LogP contribution < -0.4 is 5.32 Å². The molecule has 0 aliphatic carbocycles. The van der Waals surface area contributed by atoms with Gasteiger partial charge in [-0.05, 0) is 35.4 Å². The van der Waals surface area contributed by atoms with E-state index in [4.69, 9.17) is 16.3 Å². The molecule has 0 saturated carbocycles. The first kappa shape index (κ1) is 17.5. The monoisotopic (exact) mass is 373 g/mol. The first-order valence-corrected chi connectivity index (χ1v) is 8.93. The van der Waals surface area contributed by atoms with E-state index in [-0.39, 0.29) is 18.6 Å². The second-order valence-electron chi connectivity index (χ2n) is 5.54. The van der Waals surface area contributed by atoms with E-state index in [1.165, 1.54) is 0 Å². The van der Waals surface area contributed by atoms with Crippen molar-refractivity contribution in [3.8, 4) is 0 Å². The fraction of sp³-hybridized carbons (Fsp3) is 0.158. The van der Waals surface area contributed by atoms with Crippen LogP contribution in [0.3, 0.4) is 0 Å². The number of rotatable bonds is 5. The van der Waals surface area contributed by atoms with Crippen LogP contribution in [-0.2, 0) is 9.53 Å². The molecule has 3 rings (SSSR count). The Morgan fingerprint density at radius 2 is 1.88 bits per heavy atom. The third-order valence-corrected chi connectivity index (χ3v) is 4.99. The summed E-state index contributed by atoms with van der Waals surface area (Å²) in [7, 11) is 0. The van der Waals surface area contributed by atoms with Crippen LogP contribution in [0.4, 0.5) is 0 Å². The van der Waals surface area contributed by atoms with Gasteiger partial charge in [-0.1, -0.05) is 54.1 Å². The van der Waals surface area contributed by atoms with E-state index >= 15 is 0 Å². The van der Waals surface area contributed by atoms with E-state index in [1.54, 1.807) is 12.1 Å². The average Bonchev–Trinajstić information content (AvgIpc) is 3.05. The third-order valence-electron chi connectivity index (χ3n) is 3.78. The van der Waals surface area contributed by atoms with Gasteiger partial charge in [0.1, 0.15) is 4.88 Å². The normalized spacial score (nSPS) is 11.9. The molecule has 3 aromatic rings. The van der Waals surface area contributed by atoms with Crippen molar-refractivity contribution >= 4 is 45.6 Å². The summed E-state index contributed by atoms with van der Waals surface area (Å²) in [5, 5.41) is 5.06. The van der Waals surface area contributed by atoms with Crippen LogP contribution in [0.15, 0.2) is 54.6 Å². The number of nitrogens with one attached hydrogen (secondary N) is 1. The molecule has 0 fully saturated rings. The summed E-state index contributed by atoms with van der Waals surface area (Å²) < 4.78 is 5.53. The molecule has 0 saturated heterocycles. The zero-order valence-electron chi connectivity index (χ0n) is 13.5. The SMILES string of the molecule is C[C@@H](NC(=O)COC(=O)c1ccc(Cl)s1)c1cccc2ccccc12. The van der Waals surface area contributed by atoms with Crippen molar-refractivity contribution in [2.24, 2.45) is 0 Å². The molecule has 0 bridgehead atoms. The van der Waals surface area contributed by atoms with Gasteiger partial charge in [0.2, 0.25) is 0 Å². The number of ether oxygens (including phenoxy) is 1. The molecule has 0 aliphatic rings. The molecule has 1 N–H and O–H groups in total. The van der Waals surface area contributed by atoms with E-state index in [0.29, 0.717) is 9.21 Å². The molecule has 128 valence electrons. The standard InChI is InChI=1S/C19H16ClNO3S/c1-12(14-8-4-6-13-5-2-3-7-15(13)14)21-18(22)11-24-19(23)16-9-10-17(20)25-16/h2-10,12H,11H2,1H3,(H,21,22)/t12-/m1/s1. The first-order valence-electron chi connectivity index (χ1n) is 7.74. The summed E-state index contributed by atoms with van der Waals surface area (Å²) in [6.45, 7) is 1.57. The highest BCUT2D eigenvalue weighted by Gasteiger charge is 2.15. The van der Waals surface area contributed by atoms with Gasteiger partial charge in [0, 0.05) is 0 Å². The second-order valence-corrected chi connectivity index (χ2v) is 7.25. The molecule has 25 heavy (non-hydrogen) atoms. The van der Waals surface area contributed by atoms with Crippen molar-refractivity contribution in [1.29, 1.82) is 0 Å². The third kappa shape index (κ3) is 4.18. The highest BCUT2D eigenvalue weighted by molar-refractivity contribution is 7.17. The number of carbonyl (C=O) groups is 2. The zero-order valence-corrected chi connectivity index (χ0v) is 15.1. The van der Waals surface area contributed by atoms with E-state index in [2.05, 4.69) is 5.32 Å². The van der Waals surface area contributed by atoms with Crippen molar-refractivity contribution < 1.29 is 14.3 Å². The van der Waals surface area contributed by atoms with E-state index in [1.807, 2.05) is 49.4 Å². The molecule has 1 atom stereocenters. The van der Waals surface area contributed by atoms with Crippen molar-refractivity contribution in [2.45, 2.75) is 13.0 Å². The Labute approximate surface area is 154 Å². The van der Waals surface area contributed by atoms with Crippen LogP contribution in [-0.4, -0.2) is 18.5 Å². The first-order chi connectivity index (χ1) is 12.0. The quantitative estimate of drug-likeness (QED) is 0.665. The molecule has 6 heteroatoms. The summed E-state index contributed by atoms with van der Waals surface area (Å²) in [4.78, 5) is 24.3. The molecule has 1 aromatic heterocycles. The molecular weight excluding hydrogens is 358 g/mol. The number of hydrogen-bond donors (Lipinski definition) is 1. The van der Waals surface area contributed by atoms with Crippen molar-refractivity contribution in [3.05, 3.63) is 69.4 Å². The number of thiophene rings is 1. The zero-order chi connectivity index (χ0) is 17.8. The molecule has 2 aromatic carbocycles. The van der Waals surface area contributed by atoms with Gasteiger partial charge < -0.3 is 10.1 Å². The molecule has 1 amide bonds. The topological polar surface area (TPSA) is 55.4 Å². The van der Waals surface area contributed by atoms with Crippen molar-refractivity contribution in [3.63, 3.8) is 0 Å². The number of halogens is 1. The number of fused-ring (bicyclic) bond motifs is 1. The lowest BCUT2D eigenvalue weighted by Crippen LogP contribution is -2.31. The van der Waals surface area contributed by atoms with E-state index in [0.717, 1.165) is 27.7 Å². The fourth-order valence-corrected chi connectivity index (χ4v) is 3.55. The summed E-state index contributed by atoms with van der Waals surface area (Å²) >= 11 is 6.90. The number of benzene rings is 2. The van der Waals surface area contributed by atoms with Gasteiger partial charge in [-0.2, -0.15) is 0 Å². The van der Waals surface area contributed by atoms with Gasteiger partial charge in [0.05, 0.1) is 10.4 Å². The largest absolute Gasteiger partial charge is 0.451 e. The van der Waals surface area contributed by atoms with Crippen LogP contribution in [0.5, 0.6) is 0 Å². The van der Waals surface area contributed by atoms with Gasteiger partial charge in [0.25, 0.3) is 5.91 Å². The fourth-order valence-electron chi connectivity index (χ4n) is 2.62. The van der Waals surface area contributed by atoms with Gasteiger partial charge in [-0.25, -0.2) is 4.79 Å². The van der Waals surface area contributed by atoms with E-state index < -0.39 is 5.97 Å². The predicted molar refractivity (Wildman–Crippen MR) is 100 cm³/mol. The Morgan fingerprint density at radius 1 is 1.12 bits per heavy atom. The highest BCUT2D eigenvalue weighted by atomic mass is 35.5. The molecule has 0 radical (unpaired) electrons. The Balaban J connectivity index is 1.61. The van der Waals surface area contributed by atoms with Crippen molar-refractivity contribution in [2.75, 3.05) is 6.61 Å². The minimum atomic E-state index is -0.551. The Kier molecular flexibility index (Phi) is 5.36. The number of esters is 1. The lowest BCUT2D eigenvalue weighted by molar-refractivity contribution is -0.124. The van der Waals surface area contributed by atoms with Gasteiger partial charge in [-0.15, -0.1) is 11.3 Å². The minimum Gasteiger partial charge on any atom is -0.451 e. The van der Waals surface area contributed by atoms with E-state index in [9.17, 15) is 9.59 Å². The maximum absolute atomic E-state index is 12.1. The molecule has 0 spiro atoms. The predicted octanol–water partition coefficient (Wildman–Crippen LogP) is 4.59. The number of amides is 1. The van der Waals surface area contributed by atoms with Gasteiger partial charge in [0.15, 0.2) is 6.61 Å². The maximum atomic E-state index is 12.1. The lowest BCUT2D eigenvalue weighted by Gasteiger charge is -2.16. The maximum Gasteiger partial charge on any atom is 0.348 e. The Hall–Kier alpha value is -2.37. The van der Waals surface area contributed by atoms with Crippen LogP contribution in [0, 0.1) is 0 Å². The van der Waals surface area contributed by atoms with Crippen LogP contribution >= 0.6 is 22.9 Å². The Morgan fingerprint density at radius 3 is 2.64 bits per heavy atom. The molecular formula is C19H16ClNO3S. The summed E-state index contributed by atoms with van der Waals surface area (Å²) in [6.07, 6.45) is 0. The van der Waals surface area contributed by atoms with Gasteiger partial charge in [-0.3, -0.25) is 4.79 Å². The highest BCUT2D eigenvalue weighted by Crippen LogP contribution is 2.24. The summed E-state index contributed by atoms with van der Waals surface area (Å²) in [5.74, 6) is -0.902. The average molecular weight is 374 g/mol. The molecule has 0 unspecified atom stereocenters. The molecule has 0 aliphatic heterocycles. The second kappa shape index (κ2) is 7.68. The molecule has 1 heterocycles. The molecule has 4 nitrogen and oxygen atoms in total. The van der Waals surface area contributed by atoms with Crippen LogP contribution in [0.1, 0.15) is 28.2 Å². The minimum absolute atomic E-state index is 0.200. The number of hydrogen-bond acceptors (Lipinski definition) is 4. The summed E-state index contributed by atoms with van der Waals surface area (Å²) in [5.41, 5.74) is 1.02. The Bertz CT molecular complexity index is 916. The number of carbonyl (C=O) groups excluding carboxylic acids is 2. The van der Waals surface area contributed by atoms with Crippen molar-refractivity contribution in [1.82, 2.24) is 5.32 Å².